The average molecular weight is 287 g/mol. The first kappa shape index (κ1) is 15.0. The summed E-state index contributed by atoms with van der Waals surface area (Å²) in [7, 11) is 0. The lowest BCUT2D eigenvalue weighted by atomic mass is 10.1. The van der Waals surface area contributed by atoms with Crippen molar-refractivity contribution in [1.82, 2.24) is 4.90 Å². The normalized spacial score (nSPS) is 10.7. The third kappa shape index (κ3) is 3.40. The monoisotopic (exact) mass is 287 g/mol. The number of nitrogens with zero attached hydrogens (tertiary/aromatic N) is 1. The maximum atomic E-state index is 13.9. The molecule has 21 heavy (non-hydrogen) atoms. The van der Waals surface area contributed by atoms with Crippen molar-refractivity contribution in [2.24, 2.45) is 0 Å². The summed E-state index contributed by atoms with van der Waals surface area (Å²) in [6.07, 6.45) is 0. The van der Waals surface area contributed by atoms with Crippen LogP contribution in [0.15, 0.2) is 48.5 Å². The van der Waals surface area contributed by atoms with Gasteiger partial charge in [-0.15, -0.1) is 0 Å². The van der Waals surface area contributed by atoms with E-state index in [0.29, 0.717) is 6.54 Å². The molecular weight excluding hydrogens is 269 g/mol. The van der Waals surface area contributed by atoms with Gasteiger partial charge in [-0.3, -0.25) is 4.79 Å². The van der Waals surface area contributed by atoms with E-state index in [1.807, 2.05) is 44.2 Å². The van der Waals surface area contributed by atoms with Gasteiger partial charge in [-0.05, 0) is 31.5 Å². The predicted octanol–water partition coefficient (Wildman–Crippen LogP) is 3.58. The fourth-order valence-corrected chi connectivity index (χ4v) is 2.14. The Morgan fingerprint density at radius 1 is 1.14 bits per heavy atom. The number of phenols is 1. The molecule has 0 spiro atoms. The van der Waals surface area contributed by atoms with Crippen molar-refractivity contribution >= 4 is 5.91 Å². The van der Waals surface area contributed by atoms with Gasteiger partial charge in [0.2, 0.25) is 0 Å². The quantitative estimate of drug-likeness (QED) is 0.933. The number of benzene rings is 2. The number of rotatable bonds is 4. The van der Waals surface area contributed by atoms with Gasteiger partial charge >= 0.3 is 0 Å². The summed E-state index contributed by atoms with van der Waals surface area (Å²) >= 11 is 0. The molecule has 4 heteroatoms. The summed E-state index contributed by atoms with van der Waals surface area (Å²) < 4.78 is 13.9. The van der Waals surface area contributed by atoms with Crippen LogP contribution in [-0.2, 0) is 6.54 Å². The van der Waals surface area contributed by atoms with Crippen LogP contribution >= 0.6 is 0 Å². The Bertz CT molecular complexity index is 606. The average Bonchev–Trinajstić information content (AvgIpc) is 2.45. The second kappa shape index (κ2) is 6.39. The highest BCUT2D eigenvalue weighted by Crippen LogP contribution is 2.23. The third-order valence-electron chi connectivity index (χ3n) is 3.29. The fraction of sp³-hybridized carbons (Fsp3) is 0.235. The minimum atomic E-state index is -0.710. The van der Waals surface area contributed by atoms with E-state index in [0.717, 1.165) is 5.56 Å². The molecule has 0 atom stereocenters. The Labute approximate surface area is 123 Å². The number of phenolic OH excluding ortho intramolecular Hbond substituents is 1. The van der Waals surface area contributed by atoms with Crippen LogP contribution in [0.4, 0.5) is 4.39 Å². The second-order valence-electron chi connectivity index (χ2n) is 5.15. The molecular formula is C17H18FNO2. The van der Waals surface area contributed by atoms with Crippen molar-refractivity contribution < 1.29 is 14.3 Å². The van der Waals surface area contributed by atoms with E-state index >= 15 is 0 Å². The van der Waals surface area contributed by atoms with E-state index in [4.69, 9.17) is 0 Å². The summed E-state index contributed by atoms with van der Waals surface area (Å²) in [5, 5.41) is 9.77. The van der Waals surface area contributed by atoms with Crippen LogP contribution in [0.2, 0.25) is 0 Å². The van der Waals surface area contributed by atoms with E-state index in [9.17, 15) is 14.3 Å². The molecule has 0 saturated carbocycles. The van der Waals surface area contributed by atoms with Gasteiger partial charge in [0.25, 0.3) is 5.91 Å². The number of hydrogen-bond donors (Lipinski definition) is 1. The summed E-state index contributed by atoms with van der Waals surface area (Å²) in [5.74, 6) is -1.55. The molecule has 3 nitrogen and oxygen atoms in total. The third-order valence-corrected chi connectivity index (χ3v) is 3.29. The first-order chi connectivity index (χ1) is 10.0. The molecule has 0 unspecified atom stereocenters. The van der Waals surface area contributed by atoms with Crippen LogP contribution < -0.4 is 0 Å². The van der Waals surface area contributed by atoms with E-state index in [-0.39, 0.29) is 17.4 Å². The minimum Gasteiger partial charge on any atom is -0.507 e. The first-order valence-corrected chi connectivity index (χ1v) is 6.83. The van der Waals surface area contributed by atoms with E-state index < -0.39 is 11.7 Å². The summed E-state index contributed by atoms with van der Waals surface area (Å²) in [6.45, 7) is 4.09. The van der Waals surface area contributed by atoms with Crippen molar-refractivity contribution in [2.75, 3.05) is 0 Å². The molecule has 0 aliphatic rings. The van der Waals surface area contributed by atoms with Crippen molar-refractivity contribution in [1.29, 1.82) is 0 Å². The number of hydrogen-bond acceptors (Lipinski definition) is 2. The largest absolute Gasteiger partial charge is 0.507 e. The predicted molar refractivity (Wildman–Crippen MR) is 79.5 cm³/mol. The molecule has 0 bridgehead atoms. The minimum absolute atomic E-state index is 0.114. The molecule has 0 aliphatic carbocycles. The Balaban J connectivity index is 2.32. The van der Waals surface area contributed by atoms with E-state index in [1.165, 1.54) is 23.1 Å². The fourth-order valence-electron chi connectivity index (χ4n) is 2.14. The maximum absolute atomic E-state index is 13.9. The van der Waals surface area contributed by atoms with Crippen LogP contribution in [0.5, 0.6) is 5.75 Å². The maximum Gasteiger partial charge on any atom is 0.261 e. The number of aromatic hydroxyl groups is 1. The van der Waals surface area contributed by atoms with Crippen molar-refractivity contribution in [3.05, 3.63) is 65.5 Å². The summed E-state index contributed by atoms with van der Waals surface area (Å²) in [6, 6.07) is 13.2. The molecule has 0 aliphatic heterocycles. The number of halogens is 1. The van der Waals surface area contributed by atoms with Crippen molar-refractivity contribution in [3.63, 3.8) is 0 Å². The second-order valence-corrected chi connectivity index (χ2v) is 5.15. The molecule has 2 aromatic carbocycles. The van der Waals surface area contributed by atoms with Crippen molar-refractivity contribution in [2.45, 2.75) is 26.4 Å². The zero-order valence-electron chi connectivity index (χ0n) is 12.1. The van der Waals surface area contributed by atoms with Gasteiger partial charge in [0, 0.05) is 12.6 Å². The molecule has 0 aromatic heterocycles. The Morgan fingerprint density at radius 2 is 1.81 bits per heavy atom. The number of carbonyl (C=O) groups excluding carboxylic acids is 1. The van der Waals surface area contributed by atoms with E-state index in [1.54, 1.807) is 0 Å². The van der Waals surface area contributed by atoms with Crippen LogP contribution in [0.25, 0.3) is 0 Å². The molecule has 0 fully saturated rings. The molecule has 0 saturated heterocycles. The summed E-state index contributed by atoms with van der Waals surface area (Å²) in [4.78, 5) is 14.1. The van der Waals surface area contributed by atoms with Gasteiger partial charge in [-0.2, -0.15) is 0 Å². The number of amides is 1. The smallest absolute Gasteiger partial charge is 0.261 e. The topological polar surface area (TPSA) is 40.5 Å². The zero-order chi connectivity index (χ0) is 15.4. The number of carbonyl (C=O) groups is 1. The van der Waals surface area contributed by atoms with Crippen molar-refractivity contribution in [3.8, 4) is 5.75 Å². The first-order valence-electron chi connectivity index (χ1n) is 6.83. The zero-order valence-corrected chi connectivity index (χ0v) is 12.1. The van der Waals surface area contributed by atoms with E-state index in [2.05, 4.69) is 0 Å². The molecule has 110 valence electrons. The van der Waals surface area contributed by atoms with Gasteiger partial charge in [0.05, 0.1) is 0 Å². The standard InChI is InChI=1S/C17H18FNO2/c1-12(2)19(11-13-7-4-3-5-8-13)17(21)16-14(18)9-6-10-15(16)20/h3-10,12,20H,11H2,1-2H3. The van der Waals surface area contributed by atoms with Gasteiger partial charge in [-0.25, -0.2) is 4.39 Å². The molecule has 0 heterocycles. The molecule has 2 rings (SSSR count). The Kier molecular flexibility index (Phi) is 4.58. The van der Waals surface area contributed by atoms with Gasteiger partial charge in [0.1, 0.15) is 17.1 Å². The Hall–Kier alpha value is -2.36. The van der Waals surface area contributed by atoms with Crippen LogP contribution in [0.3, 0.4) is 0 Å². The lowest BCUT2D eigenvalue weighted by molar-refractivity contribution is 0.0682. The van der Waals surface area contributed by atoms with Gasteiger partial charge in [-0.1, -0.05) is 36.4 Å². The molecule has 1 N–H and O–H groups in total. The molecule has 0 radical (unpaired) electrons. The lowest BCUT2D eigenvalue weighted by Gasteiger charge is -2.27. The molecule has 1 amide bonds. The highest BCUT2D eigenvalue weighted by molar-refractivity contribution is 5.97. The molecule has 2 aromatic rings. The van der Waals surface area contributed by atoms with Gasteiger partial charge in [0.15, 0.2) is 0 Å². The SMILES string of the molecule is CC(C)N(Cc1ccccc1)C(=O)c1c(O)cccc1F. The lowest BCUT2D eigenvalue weighted by Crippen LogP contribution is -2.36. The van der Waals surface area contributed by atoms with Crippen LogP contribution in [0.1, 0.15) is 29.8 Å². The van der Waals surface area contributed by atoms with Crippen LogP contribution in [0, 0.1) is 5.82 Å². The van der Waals surface area contributed by atoms with Crippen LogP contribution in [-0.4, -0.2) is 22.0 Å². The summed E-state index contributed by atoms with van der Waals surface area (Å²) in [5.41, 5.74) is 0.678. The highest BCUT2D eigenvalue weighted by atomic mass is 19.1. The Morgan fingerprint density at radius 3 is 2.38 bits per heavy atom. The van der Waals surface area contributed by atoms with Gasteiger partial charge < -0.3 is 10.0 Å². The highest BCUT2D eigenvalue weighted by Gasteiger charge is 2.24.